The van der Waals surface area contributed by atoms with Crippen molar-refractivity contribution in [3.63, 3.8) is 0 Å². The first-order chi connectivity index (χ1) is 26.0. The Morgan fingerprint density at radius 3 is 2.07 bits per heavy atom. The average molecular weight is 795 g/mol. The third-order valence-electron chi connectivity index (χ3n) is 17.2. The van der Waals surface area contributed by atoms with E-state index < -0.39 is 96.9 Å². The number of carboxylic acid groups (broad SMARTS) is 2. The topological polar surface area (TPSA) is 233 Å². The molecule has 4 saturated carbocycles. The van der Waals surface area contributed by atoms with E-state index in [1.165, 1.54) is 5.57 Å². The van der Waals surface area contributed by atoms with Crippen LogP contribution in [0.3, 0.4) is 0 Å². The summed E-state index contributed by atoms with van der Waals surface area (Å²) in [7, 11) is 0. The fraction of sp³-hybridized carbons (Fsp3) is 0.905. The standard InChI is InChI=1S/C42H66O14/c1-37(2)14-16-42(36(51)52)17-15-40(6)20(21(42)18-37)8-9-24-39(5)12-11-25(38(3,4)23(39)10-13-41(24,40)7)54-35-32(29(47)28(46)31(55-35)33(49)50)56-34-30(48)27(45)26(44)22(19-43)53-34/h8,21-32,34-35,43-48H,9-19H2,1-7H3,(H,49,50)(H,51,52)/t21-,22-,23-,24-,25-,26-,27+,28+,29+,30-,31+,32-,34+,35-,39-,40-,41-,42+/m1/s1. The van der Waals surface area contributed by atoms with E-state index in [2.05, 4.69) is 54.5 Å². The van der Waals surface area contributed by atoms with E-state index in [0.29, 0.717) is 25.2 Å². The maximum Gasteiger partial charge on any atom is 0.335 e. The smallest absolute Gasteiger partial charge is 0.335 e. The van der Waals surface area contributed by atoms with Gasteiger partial charge in [-0.25, -0.2) is 4.79 Å². The summed E-state index contributed by atoms with van der Waals surface area (Å²) in [6, 6.07) is 0. The van der Waals surface area contributed by atoms with Crippen molar-refractivity contribution in [2.45, 2.75) is 180 Å². The Morgan fingerprint density at radius 2 is 1.43 bits per heavy atom. The molecule has 0 aromatic carbocycles. The van der Waals surface area contributed by atoms with Crippen LogP contribution in [-0.4, -0.2) is 127 Å². The molecule has 0 bridgehead atoms. The summed E-state index contributed by atoms with van der Waals surface area (Å²) in [6.45, 7) is 15.4. The van der Waals surface area contributed by atoms with Crippen LogP contribution in [0, 0.1) is 50.2 Å². The number of hydrogen-bond acceptors (Lipinski definition) is 12. The zero-order chi connectivity index (χ0) is 41.1. The lowest BCUT2D eigenvalue weighted by atomic mass is 9.33. The van der Waals surface area contributed by atoms with Crippen molar-refractivity contribution in [2.75, 3.05) is 6.61 Å². The molecular formula is C42H66O14. The maximum absolute atomic E-state index is 13.1. The zero-order valence-electron chi connectivity index (χ0n) is 34.0. The minimum atomic E-state index is -1.94. The zero-order valence-corrected chi connectivity index (χ0v) is 34.0. The molecule has 0 radical (unpaired) electrons. The van der Waals surface area contributed by atoms with Crippen molar-refractivity contribution in [3.8, 4) is 0 Å². The van der Waals surface area contributed by atoms with Gasteiger partial charge in [0.25, 0.3) is 0 Å². The third-order valence-corrected chi connectivity index (χ3v) is 17.2. The van der Waals surface area contributed by atoms with E-state index in [9.17, 15) is 50.4 Å². The Hall–Kier alpha value is -1.72. The number of carboxylic acids is 2. The van der Waals surface area contributed by atoms with Crippen LogP contribution in [0.15, 0.2) is 11.6 Å². The minimum absolute atomic E-state index is 0.0171. The Morgan fingerprint density at radius 1 is 0.750 bits per heavy atom. The normalized spacial score (nSPS) is 52.3. The van der Waals surface area contributed by atoms with Crippen LogP contribution in [0.1, 0.15) is 113 Å². The second-order valence-corrected chi connectivity index (χ2v) is 20.7. The fourth-order valence-corrected chi connectivity index (χ4v) is 13.6. The molecule has 56 heavy (non-hydrogen) atoms. The quantitative estimate of drug-likeness (QED) is 0.137. The van der Waals surface area contributed by atoms with Crippen LogP contribution in [0.4, 0.5) is 0 Å². The second kappa shape index (κ2) is 14.2. The van der Waals surface area contributed by atoms with Gasteiger partial charge < -0.3 is 59.8 Å². The van der Waals surface area contributed by atoms with Gasteiger partial charge in [0.15, 0.2) is 18.7 Å². The van der Waals surface area contributed by atoms with Crippen LogP contribution in [0.2, 0.25) is 0 Å². The molecule has 0 unspecified atom stereocenters. The number of aliphatic hydroxyl groups is 6. The molecular weight excluding hydrogens is 728 g/mol. The summed E-state index contributed by atoms with van der Waals surface area (Å²) in [5.74, 6) is -1.66. The van der Waals surface area contributed by atoms with Gasteiger partial charge in [0.1, 0.15) is 42.7 Å². The summed E-state index contributed by atoms with van der Waals surface area (Å²) in [6.07, 6.45) is -6.99. The number of aliphatic carboxylic acids is 2. The summed E-state index contributed by atoms with van der Waals surface area (Å²) < 4.78 is 23.9. The minimum Gasteiger partial charge on any atom is -0.481 e. The van der Waals surface area contributed by atoms with Crippen molar-refractivity contribution < 1.29 is 69.4 Å². The predicted molar refractivity (Wildman–Crippen MR) is 198 cm³/mol. The van der Waals surface area contributed by atoms with Gasteiger partial charge in [-0.2, -0.15) is 0 Å². The van der Waals surface area contributed by atoms with Gasteiger partial charge in [-0.15, -0.1) is 0 Å². The van der Waals surface area contributed by atoms with Gasteiger partial charge in [0, 0.05) is 0 Å². The van der Waals surface area contributed by atoms with E-state index >= 15 is 0 Å². The van der Waals surface area contributed by atoms with Gasteiger partial charge >= 0.3 is 11.9 Å². The lowest BCUT2D eigenvalue weighted by Gasteiger charge is -2.71. The van der Waals surface area contributed by atoms with Gasteiger partial charge in [0.2, 0.25) is 0 Å². The molecule has 2 aliphatic heterocycles. The van der Waals surface area contributed by atoms with Crippen molar-refractivity contribution in [1.29, 1.82) is 0 Å². The summed E-state index contributed by atoms with van der Waals surface area (Å²) in [4.78, 5) is 25.2. The van der Waals surface area contributed by atoms with Crippen molar-refractivity contribution in [1.82, 2.24) is 0 Å². The lowest BCUT2D eigenvalue weighted by Crippen LogP contribution is -2.67. The molecule has 14 nitrogen and oxygen atoms in total. The van der Waals surface area contributed by atoms with Gasteiger partial charge in [-0.05, 0) is 109 Å². The summed E-state index contributed by atoms with van der Waals surface area (Å²) in [5, 5.41) is 83.8. The molecule has 318 valence electrons. The molecule has 0 amide bonds. The highest BCUT2D eigenvalue weighted by Crippen LogP contribution is 2.76. The molecule has 18 atom stereocenters. The number of allylic oxidation sites excluding steroid dienone is 2. The van der Waals surface area contributed by atoms with E-state index in [1.54, 1.807) is 0 Å². The Labute approximate surface area is 329 Å². The fourth-order valence-electron chi connectivity index (χ4n) is 13.6. The first-order valence-electron chi connectivity index (χ1n) is 20.8. The first-order valence-corrected chi connectivity index (χ1v) is 20.8. The summed E-state index contributed by atoms with van der Waals surface area (Å²) >= 11 is 0. The van der Waals surface area contributed by atoms with E-state index in [1.807, 2.05) is 0 Å². The molecule has 2 saturated heterocycles. The molecule has 14 heteroatoms. The van der Waals surface area contributed by atoms with Gasteiger partial charge in [0.05, 0.1) is 18.1 Å². The highest BCUT2D eigenvalue weighted by Gasteiger charge is 2.70. The van der Waals surface area contributed by atoms with Gasteiger partial charge in [-0.3, -0.25) is 4.79 Å². The number of fused-ring (bicyclic) bond motifs is 7. The molecule has 0 aromatic rings. The lowest BCUT2D eigenvalue weighted by molar-refractivity contribution is -0.374. The highest BCUT2D eigenvalue weighted by molar-refractivity contribution is 5.76. The van der Waals surface area contributed by atoms with Crippen LogP contribution in [0.25, 0.3) is 0 Å². The van der Waals surface area contributed by atoms with Crippen LogP contribution in [-0.2, 0) is 28.5 Å². The molecule has 7 rings (SSSR count). The number of carbonyl (C=O) groups is 2. The van der Waals surface area contributed by atoms with Crippen LogP contribution < -0.4 is 0 Å². The van der Waals surface area contributed by atoms with E-state index in [0.717, 1.165) is 44.9 Å². The maximum atomic E-state index is 13.1. The number of ether oxygens (including phenoxy) is 4. The number of aliphatic hydroxyl groups excluding tert-OH is 6. The van der Waals surface area contributed by atoms with Crippen molar-refractivity contribution in [2.24, 2.45) is 50.2 Å². The third kappa shape index (κ3) is 6.17. The Kier molecular flexibility index (Phi) is 10.8. The van der Waals surface area contributed by atoms with Crippen LogP contribution >= 0.6 is 0 Å². The summed E-state index contributed by atoms with van der Waals surface area (Å²) in [5.41, 5.74) is -0.0913. The monoisotopic (exact) mass is 794 g/mol. The Bertz CT molecular complexity index is 1560. The molecule has 5 aliphatic carbocycles. The second-order valence-electron chi connectivity index (χ2n) is 20.7. The Balaban J connectivity index is 1.16. The first kappa shape index (κ1) is 42.4. The van der Waals surface area contributed by atoms with Crippen molar-refractivity contribution >= 4 is 11.9 Å². The highest BCUT2D eigenvalue weighted by atomic mass is 16.8. The SMILES string of the molecule is CC1(C)CC[C@]2(C(=O)O)CC[C@]3(C)C(=CC[C@@H]4[C@]5(C)CC[C@@H](O[C@@H]6O[C@H](C(=O)O)[C@@H](O)[C@H](O)[C@H]6O[C@@H]6O[C@H](CO)[C@@H](O)[C@H](O)[C@H]6O)C(C)(C)[C@H]5CC[C@]43C)[C@H]2C1. The largest absolute Gasteiger partial charge is 0.481 e. The average Bonchev–Trinajstić information content (AvgIpc) is 3.12. The van der Waals surface area contributed by atoms with E-state index in [-0.39, 0.29) is 33.5 Å². The van der Waals surface area contributed by atoms with Crippen LogP contribution in [0.5, 0.6) is 0 Å². The number of rotatable bonds is 7. The van der Waals surface area contributed by atoms with Gasteiger partial charge in [-0.1, -0.05) is 60.1 Å². The predicted octanol–water partition coefficient (Wildman–Crippen LogP) is 2.97. The molecule has 8 N–H and O–H groups in total. The molecule has 7 aliphatic rings. The molecule has 6 fully saturated rings. The molecule has 2 heterocycles. The number of hydrogen-bond donors (Lipinski definition) is 8. The molecule has 0 aromatic heterocycles. The van der Waals surface area contributed by atoms with Crippen molar-refractivity contribution in [3.05, 3.63) is 11.6 Å². The van der Waals surface area contributed by atoms with E-state index in [4.69, 9.17) is 18.9 Å². The molecule has 0 spiro atoms.